The molecule has 0 aliphatic carbocycles. The first-order chi connectivity index (χ1) is 41.0. The van der Waals surface area contributed by atoms with Gasteiger partial charge in [0.15, 0.2) is 0 Å². The van der Waals surface area contributed by atoms with Crippen molar-refractivity contribution in [2.75, 3.05) is 13.2 Å². The summed E-state index contributed by atoms with van der Waals surface area (Å²) in [7, 11) is 0. The molecule has 0 rings (SSSR count). The second-order valence-corrected chi connectivity index (χ2v) is 26.3. The van der Waals surface area contributed by atoms with Crippen LogP contribution in [0.3, 0.4) is 0 Å². The van der Waals surface area contributed by atoms with Crippen LogP contribution in [0.15, 0.2) is 24.3 Å². The van der Waals surface area contributed by atoms with Crippen LogP contribution in [0.1, 0.15) is 431 Å². The summed E-state index contributed by atoms with van der Waals surface area (Å²) in [6, 6.07) is -0.626. The van der Waals surface area contributed by atoms with Crippen molar-refractivity contribution in [2.24, 2.45) is 0 Å². The SMILES string of the molecule is CCCCC/C=C\CCCCCCCC(=O)OCCCCCCCCCCCCCCCCCCCCCCCCCCCCCCCCC(=O)NC(CO)C(O)/C=C/CCCCCCCCCCCCCCCCCCCCCCCC. The van der Waals surface area contributed by atoms with Crippen molar-refractivity contribution in [1.29, 1.82) is 0 Å². The van der Waals surface area contributed by atoms with E-state index in [2.05, 4.69) is 31.3 Å². The Balaban J connectivity index is 3.37. The van der Waals surface area contributed by atoms with Crippen LogP contribution < -0.4 is 5.32 Å². The predicted molar refractivity (Wildman–Crippen MR) is 366 cm³/mol. The number of aliphatic hydroxyl groups excluding tert-OH is 2. The van der Waals surface area contributed by atoms with Crippen LogP contribution in [-0.4, -0.2) is 47.4 Å². The molecule has 0 aromatic carbocycles. The monoisotopic (exact) mass is 1170 g/mol. The molecule has 0 spiro atoms. The summed E-state index contributed by atoms with van der Waals surface area (Å²) < 4.78 is 5.48. The molecular weight excluding hydrogens is 1020 g/mol. The first-order valence-corrected chi connectivity index (χ1v) is 38.1. The Morgan fingerprint density at radius 2 is 0.566 bits per heavy atom. The summed E-state index contributed by atoms with van der Waals surface area (Å²) in [6.45, 7) is 4.93. The van der Waals surface area contributed by atoms with E-state index in [0.29, 0.717) is 19.4 Å². The zero-order valence-corrected chi connectivity index (χ0v) is 56.5. The second kappa shape index (κ2) is 72.8. The number of unbranched alkanes of at least 4 members (excludes halogenated alkanes) is 59. The van der Waals surface area contributed by atoms with Gasteiger partial charge in [-0.1, -0.05) is 385 Å². The maximum absolute atomic E-state index is 12.5. The molecule has 0 radical (unpaired) electrons. The number of ether oxygens (including phenoxy) is 1. The molecule has 0 aromatic rings. The Labute approximate surface area is 520 Å². The van der Waals surface area contributed by atoms with E-state index in [9.17, 15) is 19.8 Å². The highest BCUT2D eigenvalue weighted by Crippen LogP contribution is 2.20. The highest BCUT2D eigenvalue weighted by Gasteiger charge is 2.18. The largest absolute Gasteiger partial charge is 0.466 e. The molecule has 0 heterocycles. The number of esters is 1. The van der Waals surface area contributed by atoms with Crippen LogP contribution in [-0.2, 0) is 14.3 Å². The lowest BCUT2D eigenvalue weighted by Crippen LogP contribution is -2.45. The highest BCUT2D eigenvalue weighted by molar-refractivity contribution is 5.76. The third kappa shape index (κ3) is 69.3. The third-order valence-corrected chi connectivity index (χ3v) is 18.0. The lowest BCUT2D eigenvalue weighted by molar-refractivity contribution is -0.143. The van der Waals surface area contributed by atoms with Gasteiger partial charge in [-0.2, -0.15) is 0 Å². The van der Waals surface area contributed by atoms with Crippen molar-refractivity contribution in [3.05, 3.63) is 24.3 Å². The van der Waals surface area contributed by atoms with Crippen LogP contribution in [0.5, 0.6) is 0 Å². The number of nitrogens with one attached hydrogen (secondary N) is 1. The van der Waals surface area contributed by atoms with Gasteiger partial charge in [0.1, 0.15) is 0 Å². The summed E-state index contributed by atoms with van der Waals surface area (Å²) in [6.07, 6.45) is 92.9. The number of aliphatic hydroxyl groups is 2. The standard InChI is InChI=1S/C77H149NO5/c1-3-5-7-9-11-13-15-17-18-19-20-21-22-31-34-37-40-43-46-49-53-57-61-65-69-75(80)74(73-79)78-76(81)70-66-62-58-54-50-47-44-41-38-35-32-29-27-25-23-24-26-28-30-33-36-39-42-45-48-52-56-60-64-68-72-83-77(82)71-67-63-59-55-51-16-14-12-10-8-6-4-2/h12,14,65,69,74-75,79-80H,3-11,13,15-64,66-68,70-73H2,1-2H3,(H,78,81)/b14-12-,69-65+. The normalized spacial score (nSPS) is 12.6. The second-order valence-electron chi connectivity index (χ2n) is 26.3. The van der Waals surface area contributed by atoms with E-state index in [-0.39, 0.29) is 18.5 Å². The van der Waals surface area contributed by atoms with Gasteiger partial charge < -0.3 is 20.3 Å². The third-order valence-electron chi connectivity index (χ3n) is 18.0. The summed E-state index contributed by atoms with van der Waals surface area (Å²) >= 11 is 0. The number of hydrogen-bond acceptors (Lipinski definition) is 5. The number of amides is 1. The number of rotatable bonds is 72. The molecule has 0 aliphatic heterocycles. The molecule has 0 aromatic heterocycles. The zero-order valence-electron chi connectivity index (χ0n) is 56.5. The maximum Gasteiger partial charge on any atom is 0.305 e. The van der Waals surface area contributed by atoms with Crippen molar-refractivity contribution in [3.8, 4) is 0 Å². The predicted octanol–water partition coefficient (Wildman–Crippen LogP) is 24.9. The molecule has 492 valence electrons. The smallest absolute Gasteiger partial charge is 0.305 e. The molecule has 0 saturated heterocycles. The lowest BCUT2D eigenvalue weighted by atomic mass is 10.0. The van der Waals surface area contributed by atoms with Gasteiger partial charge >= 0.3 is 5.97 Å². The van der Waals surface area contributed by atoms with Crippen LogP contribution in [0.25, 0.3) is 0 Å². The summed E-state index contributed by atoms with van der Waals surface area (Å²) in [4.78, 5) is 24.6. The van der Waals surface area contributed by atoms with E-state index in [1.54, 1.807) is 6.08 Å². The zero-order chi connectivity index (χ0) is 59.9. The van der Waals surface area contributed by atoms with Crippen molar-refractivity contribution in [3.63, 3.8) is 0 Å². The van der Waals surface area contributed by atoms with E-state index in [4.69, 9.17) is 4.74 Å². The van der Waals surface area contributed by atoms with Crippen molar-refractivity contribution < 1.29 is 24.5 Å². The van der Waals surface area contributed by atoms with Crippen LogP contribution >= 0.6 is 0 Å². The molecule has 6 nitrogen and oxygen atoms in total. The molecule has 6 heteroatoms. The first kappa shape index (κ1) is 81.3. The van der Waals surface area contributed by atoms with Gasteiger partial charge in [0.25, 0.3) is 0 Å². The average Bonchev–Trinajstić information content (AvgIpc) is 3.49. The molecule has 0 fully saturated rings. The topological polar surface area (TPSA) is 95.9 Å². The fraction of sp³-hybridized carbons (Fsp3) is 0.922. The Bertz CT molecular complexity index is 1300. The summed E-state index contributed by atoms with van der Waals surface area (Å²) in [5.41, 5.74) is 0. The van der Waals surface area contributed by atoms with Crippen LogP contribution in [0.2, 0.25) is 0 Å². The Hall–Kier alpha value is -1.66. The molecule has 3 N–H and O–H groups in total. The average molecular weight is 1170 g/mol. The van der Waals surface area contributed by atoms with Crippen molar-refractivity contribution >= 4 is 11.9 Å². The maximum atomic E-state index is 12.5. The molecule has 83 heavy (non-hydrogen) atoms. The Morgan fingerprint density at radius 1 is 0.325 bits per heavy atom. The molecule has 1 amide bonds. The van der Waals surface area contributed by atoms with E-state index in [1.165, 1.54) is 360 Å². The van der Waals surface area contributed by atoms with Crippen LogP contribution in [0.4, 0.5) is 0 Å². The van der Waals surface area contributed by atoms with E-state index < -0.39 is 12.1 Å². The van der Waals surface area contributed by atoms with Gasteiger partial charge in [0, 0.05) is 12.8 Å². The Kier molecular flexibility index (Phi) is 71.4. The van der Waals surface area contributed by atoms with Crippen molar-refractivity contribution in [2.45, 2.75) is 443 Å². The lowest BCUT2D eigenvalue weighted by Gasteiger charge is -2.20. The fourth-order valence-electron chi connectivity index (χ4n) is 12.2. The van der Waals surface area contributed by atoms with E-state index in [0.717, 1.165) is 44.9 Å². The number of carbonyl (C=O) groups excluding carboxylic acids is 2. The minimum Gasteiger partial charge on any atom is -0.466 e. The molecule has 0 aliphatic rings. The molecular formula is C77H149NO5. The van der Waals surface area contributed by atoms with Gasteiger partial charge in [-0.05, 0) is 57.8 Å². The highest BCUT2D eigenvalue weighted by atomic mass is 16.5. The van der Waals surface area contributed by atoms with Gasteiger partial charge in [-0.3, -0.25) is 9.59 Å². The minimum atomic E-state index is -0.843. The van der Waals surface area contributed by atoms with Crippen molar-refractivity contribution in [1.82, 2.24) is 5.32 Å². The van der Waals surface area contributed by atoms with Gasteiger partial charge in [0.05, 0.1) is 25.4 Å². The molecule has 0 saturated carbocycles. The van der Waals surface area contributed by atoms with E-state index in [1.807, 2.05) is 6.08 Å². The fourth-order valence-corrected chi connectivity index (χ4v) is 12.2. The van der Waals surface area contributed by atoms with Gasteiger partial charge in [0.2, 0.25) is 5.91 Å². The Morgan fingerprint density at radius 3 is 0.880 bits per heavy atom. The summed E-state index contributed by atoms with van der Waals surface area (Å²) in [5.74, 6) is -0.0485. The molecule has 2 atom stereocenters. The number of allylic oxidation sites excluding steroid dienone is 3. The summed E-state index contributed by atoms with van der Waals surface area (Å²) in [5, 5.41) is 23.3. The molecule has 0 bridgehead atoms. The molecule has 2 unspecified atom stereocenters. The number of carbonyl (C=O) groups is 2. The van der Waals surface area contributed by atoms with Gasteiger partial charge in [-0.25, -0.2) is 0 Å². The van der Waals surface area contributed by atoms with Crippen LogP contribution in [0, 0.1) is 0 Å². The number of hydrogen-bond donors (Lipinski definition) is 3. The first-order valence-electron chi connectivity index (χ1n) is 38.1. The quantitative estimate of drug-likeness (QED) is 0.0320. The van der Waals surface area contributed by atoms with E-state index >= 15 is 0 Å². The van der Waals surface area contributed by atoms with Gasteiger partial charge in [-0.15, -0.1) is 0 Å². The minimum absolute atomic E-state index is 0.0105.